The Hall–Kier alpha value is -0.980. The number of ketones is 1. The van der Waals surface area contributed by atoms with Crippen LogP contribution in [0, 0.1) is 0 Å². The van der Waals surface area contributed by atoms with Gasteiger partial charge in [-0.3, -0.25) is 14.5 Å². The van der Waals surface area contributed by atoms with Crippen LogP contribution in [0.4, 0.5) is 0 Å². The molecule has 0 aliphatic carbocycles. The van der Waals surface area contributed by atoms with Crippen molar-refractivity contribution in [3.8, 4) is 0 Å². The summed E-state index contributed by atoms with van der Waals surface area (Å²) in [7, 11) is 1.91. The van der Waals surface area contributed by atoms with Crippen LogP contribution in [0.1, 0.15) is 27.2 Å². The molecule has 0 aromatic carbocycles. The molecule has 0 rings (SSSR count). The first kappa shape index (κ1) is 19.0. The molecule has 0 atom stereocenters. The summed E-state index contributed by atoms with van der Waals surface area (Å²) in [5.74, 6) is 0.0844. The Morgan fingerprint density at radius 2 is 1.80 bits per heavy atom. The SMILES string of the molecule is CCC(=O)COCCOCCNC(=O)CN(C)C(C)C. The van der Waals surface area contributed by atoms with Gasteiger partial charge in [0.1, 0.15) is 6.61 Å². The zero-order valence-corrected chi connectivity index (χ0v) is 13.1. The second-order valence-electron chi connectivity index (χ2n) is 4.92. The first-order valence-electron chi connectivity index (χ1n) is 7.11. The van der Waals surface area contributed by atoms with Gasteiger partial charge in [0.05, 0.1) is 26.4 Å². The van der Waals surface area contributed by atoms with E-state index in [1.165, 1.54) is 0 Å². The maximum Gasteiger partial charge on any atom is 0.234 e. The number of nitrogens with one attached hydrogen (secondary N) is 1. The van der Waals surface area contributed by atoms with Crippen molar-refractivity contribution in [3.63, 3.8) is 0 Å². The normalized spacial score (nSPS) is 11.1. The predicted molar refractivity (Wildman–Crippen MR) is 77.7 cm³/mol. The van der Waals surface area contributed by atoms with E-state index in [-0.39, 0.29) is 18.3 Å². The van der Waals surface area contributed by atoms with Crippen molar-refractivity contribution in [2.75, 3.05) is 46.6 Å². The number of carbonyl (C=O) groups excluding carboxylic acids is 2. The largest absolute Gasteiger partial charge is 0.377 e. The van der Waals surface area contributed by atoms with Crippen molar-refractivity contribution in [1.29, 1.82) is 0 Å². The molecule has 20 heavy (non-hydrogen) atoms. The van der Waals surface area contributed by atoms with E-state index in [2.05, 4.69) is 5.32 Å². The van der Waals surface area contributed by atoms with Crippen LogP contribution >= 0.6 is 0 Å². The molecule has 0 aromatic rings. The van der Waals surface area contributed by atoms with Gasteiger partial charge in [0.2, 0.25) is 5.91 Å². The highest BCUT2D eigenvalue weighted by Gasteiger charge is 2.08. The molecule has 0 aliphatic rings. The minimum Gasteiger partial charge on any atom is -0.377 e. The predicted octanol–water partition coefficient (Wildman–Crippen LogP) is 0.455. The minimum absolute atomic E-state index is 0.00501. The van der Waals surface area contributed by atoms with Crippen molar-refractivity contribution in [2.45, 2.75) is 33.2 Å². The molecule has 118 valence electrons. The first-order valence-corrected chi connectivity index (χ1v) is 7.11. The van der Waals surface area contributed by atoms with Gasteiger partial charge in [-0.05, 0) is 20.9 Å². The van der Waals surface area contributed by atoms with Gasteiger partial charge in [-0.1, -0.05) is 6.92 Å². The molecule has 0 aromatic heterocycles. The van der Waals surface area contributed by atoms with Gasteiger partial charge in [0.25, 0.3) is 0 Å². The third kappa shape index (κ3) is 10.9. The van der Waals surface area contributed by atoms with Crippen molar-refractivity contribution in [2.24, 2.45) is 0 Å². The molecule has 0 saturated carbocycles. The maximum atomic E-state index is 11.5. The molecule has 6 heteroatoms. The van der Waals surface area contributed by atoms with Crippen LogP contribution in [-0.2, 0) is 19.1 Å². The van der Waals surface area contributed by atoms with Crippen LogP contribution in [0.15, 0.2) is 0 Å². The highest BCUT2D eigenvalue weighted by Crippen LogP contribution is 1.91. The van der Waals surface area contributed by atoms with E-state index in [0.717, 1.165) is 0 Å². The average Bonchev–Trinajstić information content (AvgIpc) is 2.41. The summed E-state index contributed by atoms with van der Waals surface area (Å²) >= 11 is 0. The van der Waals surface area contributed by atoms with Gasteiger partial charge in [0, 0.05) is 19.0 Å². The molecule has 0 spiro atoms. The molecule has 0 unspecified atom stereocenters. The van der Waals surface area contributed by atoms with Crippen LogP contribution in [-0.4, -0.2) is 69.2 Å². The third-order valence-electron chi connectivity index (χ3n) is 2.87. The Morgan fingerprint density at radius 1 is 1.15 bits per heavy atom. The Morgan fingerprint density at radius 3 is 2.40 bits per heavy atom. The van der Waals surface area contributed by atoms with Gasteiger partial charge in [-0.25, -0.2) is 0 Å². The van der Waals surface area contributed by atoms with Crippen molar-refractivity contribution >= 4 is 11.7 Å². The molecule has 0 radical (unpaired) electrons. The Balaban J connectivity index is 3.35. The minimum atomic E-state index is -0.00501. The number of carbonyl (C=O) groups is 2. The topological polar surface area (TPSA) is 67.9 Å². The van der Waals surface area contributed by atoms with E-state index in [1.54, 1.807) is 0 Å². The number of amides is 1. The lowest BCUT2D eigenvalue weighted by atomic mass is 10.3. The first-order chi connectivity index (χ1) is 9.47. The molecular weight excluding hydrogens is 260 g/mol. The van der Waals surface area contributed by atoms with Crippen LogP contribution in [0.25, 0.3) is 0 Å². The molecule has 0 aliphatic heterocycles. The smallest absolute Gasteiger partial charge is 0.234 e. The average molecular weight is 288 g/mol. The van der Waals surface area contributed by atoms with Gasteiger partial charge in [0.15, 0.2) is 5.78 Å². The van der Waals surface area contributed by atoms with Gasteiger partial charge in [-0.15, -0.1) is 0 Å². The number of likely N-dealkylation sites (N-methyl/N-ethyl adjacent to an activating group) is 1. The zero-order valence-electron chi connectivity index (χ0n) is 13.1. The molecule has 0 bridgehead atoms. The molecule has 0 fully saturated rings. The summed E-state index contributed by atoms with van der Waals surface area (Å²) in [6.45, 7) is 8.19. The Labute approximate surface area is 121 Å². The highest BCUT2D eigenvalue weighted by molar-refractivity contribution is 5.79. The van der Waals surface area contributed by atoms with Gasteiger partial charge in [-0.2, -0.15) is 0 Å². The van der Waals surface area contributed by atoms with E-state index >= 15 is 0 Å². The quantitative estimate of drug-likeness (QED) is 0.528. The lowest BCUT2D eigenvalue weighted by molar-refractivity contribution is -0.124. The summed E-state index contributed by atoms with van der Waals surface area (Å²) in [6.07, 6.45) is 0.498. The third-order valence-corrected chi connectivity index (χ3v) is 2.87. The standard InChI is InChI=1S/C14H28N2O4/c1-5-13(17)11-20-9-8-19-7-6-15-14(18)10-16(4)12(2)3/h12H,5-11H2,1-4H3,(H,15,18). The van der Waals surface area contributed by atoms with Crippen LogP contribution < -0.4 is 5.32 Å². The fourth-order valence-electron chi connectivity index (χ4n) is 1.24. The number of nitrogens with zero attached hydrogens (tertiary/aromatic N) is 1. The van der Waals surface area contributed by atoms with Gasteiger partial charge >= 0.3 is 0 Å². The molecule has 0 heterocycles. The zero-order chi connectivity index (χ0) is 15.4. The highest BCUT2D eigenvalue weighted by atomic mass is 16.5. The van der Waals surface area contributed by atoms with E-state index in [1.807, 2.05) is 32.7 Å². The summed E-state index contributed by atoms with van der Waals surface area (Å²) in [5.41, 5.74) is 0. The van der Waals surface area contributed by atoms with E-state index in [9.17, 15) is 9.59 Å². The number of ether oxygens (including phenoxy) is 2. The second kappa shape index (κ2) is 11.8. The van der Waals surface area contributed by atoms with E-state index in [0.29, 0.717) is 45.4 Å². The number of hydrogen-bond donors (Lipinski definition) is 1. The number of rotatable bonds is 12. The second-order valence-corrected chi connectivity index (χ2v) is 4.92. The Bertz CT molecular complexity index is 282. The molecular formula is C14H28N2O4. The number of Topliss-reactive ketones (excluding diaryl/α,β-unsaturated/α-hetero) is 1. The van der Waals surface area contributed by atoms with Crippen LogP contribution in [0.5, 0.6) is 0 Å². The lowest BCUT2D eigenvalue weighted by Crippen LogP contribution is -2.39. The molecule has 1 amide bonds. The maximum absolute atomic E-state index is 11.5. The van der Waals surface area contributed by atoms with E-state index < -0.39 is 0 Å². The summed E-state index contributed by atoms with van der Waals surface area (Å²) in [5, 5.41) is 2.79. The van der Waals surface area contributed by atoms with Crippen LogP contribution in [0.3, 0.4) is 0 Å². The van der Waals surface area contributed by atoms with Crippen molar-refractivity contribution < 1.29 is 19.1 Å². The molecule has 1 N–H and O–H groups in total. The summed E-state index contributed by atoms with van der Waals surface area (Å²) in [6, 6.07) is 0.347. The Kier molecular flexibility index (Phi) is 11.2. The fourth-order valence-corrected chi connectivity index (χ4v) is 1.24. The van der Waals surface area contributed by atoms with Crippen molar-refractivity contribution in [3.05, 3.63) is 0 Å². The van der Waals surface area contributed by atoms with E-state index in [4.69, 9.17) is 9.47 Å². The lowest BCUT2D eigenvalue weighted by Gasteiger charge is -2.20. The van der Waals surface area contributed by atoms with Crippen molar-refractivity contribution in [1.82, 2.24) is 10.2 Å². The summed E-state index contributed by atoms with van der Waals surface area (Å²) < 4.78 is 10.4. The van der Waals surface area contributed by atoms with Gasteiger partial charge < -0.3 is 14.8 Å². The van der Waals surface area contributed by atoms with Crippen LogP contribution in [0.2, 0.25) is 0 Å². The fraction of sp³-hybridized carbons (Fsp3) is 0.857. The summed E-state index contributed by atoms with van der Waals surface area (Å²) in [4.78, 5) is 24.4. The molecule has 0 saturated heterocycles. The monoisotopic (exact) mass is 288 g/mol. The molecule has 6 nitrogen and oxygen atoms in total. The number of hydrogen-bond acceptors (Lipinski definition) is 5.